The number of morpholine rings is 1. The van der Waals surface area contributed by atoms with Gasteiger partial charge in [-0.1, -0.05) is 36.8 Å². The Kier molecular flexibility index (Phi) is 8.62. The molecule has 1 unspecified atom stereocenters. The van der Waals surface area contributed by atoms with E-state index in [1.54, 1.807) is 6.92 Å². The van der Waals surface area contributed by atoms with Gasteiger partial charge in [0.2, 0.25) is 11.3 Å². The number of ether oxygens (including phenoxy) is 3. The third kappa shape index (κ3) is 6.30. The largest absolute Gasteiger partial charge is 0.486 e. The summed E-state index contributed by atoms with van der Waals surface area (Å²) in [5.41, 5.74) is 2.47. The van der Waals surface area contributed by atoms with Crippen LogP contribution in [0.3, 0.4) is 0 Å². The number of fused-ring (bicyclic) bond motifs is 1. The summed E-state index contributed by atoms with van der Waals surface area (Å²) in [7, 11) is 0. The van der Waals surface area contributed by atoms with Crippen molar-refractivity contribution in [3.8, 4) is 11.5 Å². The van der Waals surface area contributed by atoms with Gasteiger partial charge in [-0.25, -0.2) is 4.98 Å². The first kappa shape index (κ1) is 27.9. The van der Waals surface area contributed by atoms with Crippen molar-refractivity contribution in [3.63, 3.8) is 0 Å². The zero-order valence-electron chi connectivity index (χ0n) is 22.2. The Labute approximate surface area is 219 Å². The van der Waals surface area contributed by atoms with Crippen molar-refractivity contribution >= 4 is 16.9 Å². The maximum absolute atomic E-state index is 13.5. The number of rotatable bonds is 10. The number of carbonyl (C=O) groups excluding carboxylic acids is 1. The fourth-order valence-corrected chi connectivity index (χ4v) is 4.65. The van der Waals surface area contributed by atoms with Gasteiger partial charge in [-0.2, -0.15) is 13.2 Å². The third-order valence-electron chi connectivity index (χ3n) is 6.94. The first-order valence-corrected chi connectivity index (χ1v) is 12.8. The van der Waals surface area contributed by atoms with E-state index in [1.165, 1.54) is 11.8 Å². The molecule has 1 aliphatic heterocycles. The molecule has 206 valence electrons. The molecule has 0 aliphatic carbocycles. The molecule has 0 saturated carbocycles. The van der Waals surface area contributed by atoms with Crippen LogP contribution in [0, 0.1) is 13.8 Å². The highest BCUT2D eigenvalue weighted by Crippen LogP contribution is 2.44. The number of hydrogen-bond acceptors (Lipinski definition) is 6. The molecule has 7 nitrogen and oxygen atoms in total. The lowest BCUT2D eigenvalue weighted by Gasteiger charge is -2.24. The number of hydrogen-bond donors (Lipinski definition) is 1. The van der Waals surface area contributed by atoms with Gasteiger partial charge in [-0.15, -0.1) is 0 Å². The zero-order chi connectivity index (χ0) is 27.4. The number of halogens is 3. The van der Waals surface area contributed by atoms with Gasteiger partial charge in [0.25, 0.3) is 0 Å². The molecule has 1 N–H and O–H groups in total. The van der Waals surface area contributed by atoms with Crippen LogP contribution in [0.5, 0.6) is 11.5 Å². The van der Waals surface area contributed by atoms with E-state index >= 15 is 0 Å². The maximum atomic E-state index is 13.5. The molecular formula is C28H34F3N2O5+. The van der Waals surface area contributed by atoms with Crippen LogP contribution in [0.15, 0.2) is 28.7 Å². The highest BCUT2D eigenvalue weighted by molar-refractivity contribution is 6.05. The second-order valence-corrected chi connectivity index (χ2v) is 9.82. The number of carbonyl (C=O) groups is 1. The van der Waals surface area contributed by atoms with Crippen molar-refractivity contribution in [2.24, 2.45) is 0 Å². The lowest BCUT2D eigenvalue weighted by Crippen LogP contribution is -3.14. The monoisotopic (exact) mass is 535 g/mol. The van der Waals surface area contributed by atoms with Gasteiger partial charge < -0.3 is 23.5 Å². The SMILES string of the molecule is CC(=O)c1c(OCC[NH+]2CCOCC2)c(OCCC(C)c2ccc(C)cc2)c2oc(C(F)(F)F)nc2c1C. The van der Waals surface area contributed by atoms with E-state index in [2.05, 4.69) is 11.9 Å². The van der Waals surface area contributed by atoms with Crippen molar-refractivity contribution in [2.45, 2.75) is 46.2 Å². The van der Waals surface area contributed by atoms with Crippen LogP contribution in [0.4, 0.5) is 13.2 Å². The number of quaternary nitrogens is 1. The molecule has 38 heavy (non-hydrogen) atoms. The minimum Gasteiger partial charge on any atom is -0.486 e. The number of nitrogens with zero attached hydrogens (tertiary/aromatic N) is 1. The average molecular weight is 536 g/mol. The lowest BCUT2D eigenvalue weighted by atomic mass is 9.97. The van der Waals surface area contributed by atoms with Gasteiger partial charge in [-0.05, 0) is 44.2 Å². The van der Waals surface area contributed by atoms with E-state index in [-0.39, 0.29) is 58.6 Å². The van der Waals surface area contributed by atoms with Gasteiger partial charge in [-0.3, -0.25) is 4.79 Å². The van der Waals surface area contributed by atoms with E-state index in [4.69, 9.17) is 18.6 Å². The van der Waals surface area contributed by atoms with Crippen LogP contribution >= 0.6 is 0 Å². The Balaban J connectivity index is 1.66. The predicted octanol–water partition coefficient (Wildman–Crippen LogP) is 4.53. The molecule has 1 aromatic heterocycles. The summed E-state index contributed by atoms with van der Waals surface area (Å²) in [6.45, 7) is 11.0. The second-order valence-electron chi connectivity index (χ2n) is 9.82. The number of nitrogens with one attached hydrogen (secondary N) is 1. The second kappa shape index (κ2) is 11.7. The summed E-state index contributed by atoms with van der Waals surface area (Å²) < 4.78 is 63.3. The van der Waals surface area contributed by atoms with E-state index in [0.29, 0.717) is 26.2 Å². The summed E-state index contributed by atoms with van der Waals surface area (Å²) >= 11 is 0. The van der Waals surface area contributed by atoms with E-state index < -0.39 is 12.1 Å². The van der Waals surface area contributed by atoms with Gasteiger partial charge >= 0.3 is 12.1 Å². The zero-order valence-corrected chi connectivity index (χ0v) is 22.2. The quantitative estimate of drug-likeness (QED) is 0.385. The summed E-state index contributed by atoms with van der Waals surface area (Å²) in [5, 5.41) is 0. The average Bonchev–Trinajstić information content (AvgIpc) is 3.33. The molecule has 0 spiro atoms. The normalized spacial score (nSPS) is 15.6. The van der Waals surface area contributed by atoms with Gasteiger partial charge in [0.1, 0.15) is 31.8 Å². The molecule has 0 amide bonds. The van der Waals surface area contributed by atoms with Crippen molar-refractivity contribution in [3.05, 3.63) is 52.4 Å². The maximum Gasteiger partial charge on any atom is 0.468 e. The number of ketones is 1. The molecule has 3 aromatic rings. The Hall–Kier alpha value is -3.11. The predicted molar refractivity (Wildman–Crippen MR) is 135 cm³/mol. The number of Topliss-reactive ketones (excluding diaryl/α,β-unsaturated/α-hetero) is 1. The van der Waals surface area contributed by atoms with E-state index in [1.807, 2.05) is 31.2 Å². The standard InChI is InChI=1S/C28H33F3N2O5/c1-17-5-7-21(8-6-17)18(2)9-13-36-26-24(37-16-12-33-10-14-35-15-11-33)22(20(4)34)19(3)23-25(26)38-27(32-23)28(29,30)31/h5-8,18H,9-16H2,1-4H3/p+1. The number of benzene rings is 2. The summed E-state index contributed by atoms with van der Waals surface area (Å²) in [6.07, 6.45) is -4.20. The first-order chi connectivity index (χ1) is 18.1. The summed E-state index contributed by atoms with van der Waals surface area (Å²) in [4.78, 5) is 17.7. The van der Waals surface area contributed by atoms with E-state index in [0.717, 1.165) is 24.2 Å². The Morgan fingerprint density at radius 1 is 1.08 bits per heavy atom. The number of aryl methyl sites for hydroxylation is 2. The Morgan fingerprint density at radius 3 is 2.37 bits per heavy atom. The third-order valence-corrected chi connectivity index (χ3v) is 6.94. The van der Waals surface area contributed by atoms with Crippen LogP contribution < -0.4 is 14.4 Å². The molecule has 4 rings (SSSR count). The molecule has 0 bridgehead atoms. The molecular weight excluding hydrogens is 501 g/mol. The molecule has 2 aromatic carbocycles. The highest BCUT2D eigenvalue weighted by atomic mass is 19.4. The van der Waals surface area contributed by atoms with Crippen LogP contribution in [0.2, 0.25) is 0 Å². The number of aromatic nitrogens is 1. The summed E-state index contributed by atoms with van der Waals surface area (Å²) in [5.74, 6) is -1.53. The number of alkyl halides is 3. The molecule has 10 heteroatoms. The van der Waals surface area contributed by atoms with Crippen molar-refractivity contribution in [2.75, 3.05) is 46.1 Å². The van der Waals surface area contributed by atoms with Crippen LogP contribution in [-0.2, 0) is 10.9 Å². The minimum atomic E-state index is -4.79. The molecule has 2 heterocycles. The van der Waals surface area contributed by atoms with Crippen LogP contribution in [0.25, 0.3) is 11.1 Å². The van der Waals surface area contributed by atoms with Crippen LogP contribution in [0.1, 0.15) is 59.1 Å². The fourth-order valence-electron chi connectivity index (χ4n) is 4.65. The number of oxazole rings is 1. The van der Waals surface area contributed by atoms with Gasteiger partial charge in [0, 0.05) is 0 Å². The molecule has 1 atom stereocenters. The lowest BCUT2D eigenvalue weighted by molar-refractivity contribution is -0.908. The van der Waals surface area contributed by atoms with Crippen molar-refractivity contribution in [1.29, 1.82) is 0 Å². The Morgan fingerprint density at radius 2 is 1.74 bits per heavy atom. The van der Waals surface area contributed by atoms with Crippen molar-refractivity contribution < 1.29 is 41.5 Å². The molecule has 1 aliphatic rings. The van der Waals surface area contributed by atoms with Crippen molar-refractivity contribution in [1.82, 2.24) is 4.98 Å². The topological polar surface area (TPSA) is 75.2 Å². The molecule has 0 radical (unpaired) electrons. The van der Waals surface area contributed by atoms with E-state index in [9.17, 15) is 18.0 Å². The minimum absolute atomic E-state index is 0.0214. The summed E-state index contributed by atoms with van der Waals surface area (Å²) in [6, 6.07) is 8.16. The van der Waals surface area contributed by atoms with Crippen LogP contribution in [-0.4, -0.2) is 56.8 Å². The molecule has 1 saturated heterocycles. The fraction of sp³-hybridized carbons (Fsp3) is 0.500. The first-order valence-electron chi connectivity index (χ1n) is 12.8. The Bertz CT molecular complexity index is 1260. The van der Waals surface area contributed by atoms with Gasteiger partial charge in [0.15, 0.2) is 11.5 Å². The molecule has 1 fully saturated rings. The smallest absolute Gasteiger partial charge is 0.468 e. The highest BCUT2D eigenvalue weighted by Gasteiger charge is 2.39. The van der Waals surface area contributed by atoms with Gasteiger partial charge in [0.05, 0.1) is 25.4 Å².